The molecule has 1 fully saturated rings. The second-order valence-corrected chi connectivity index (χ2v) is 11.4. The monoisotopic (exact) mass is 495 g/mol. The summed E-state index contributed by atoms with van der Waals surface area (Å²) >= 11 is 0. The number of fused-ring (bicyclic) bond motifs is 1. The van der Waals surface area contributed by atoms with Crippen molar-refractivity contribution >= 4 is 27.5 Å². The second kappa shape index (κ2) is 10.9. The maximum absolute atomic E-state index is 13.4. The third kappa shape index (κ3) is 6.41. The van der Waals surface area contributed by atoms with Crippen LogP contribution in [0.15, 0.2) is 18.2 Å². The van der Waals surface area contributed by atoms with Gasteiger partial charge in [-0.2, -0.15) is 0 Å². The lowest BCUT2D eigenvalue weighted by atomic mass is 9.99. The van der Waals surface area contributed by atoms with Gasteiger partial charge in [-0.3, -0.25) is 14.3 Å². The molecule has 9 nitrogen and oxygen atoms in total. The highest BCUT2D eigenvalue weighted by molar-refractivity contribution is 7.92. The van der Waals surface area contributed by atoms with Crippen LogP contribution in [0.4, 0.5) is 5.69 Å². The zero-order valence-electron chi connectivity index (χ0n) is 20.7. The number of hydrogen-bond donors (Lipinski definition) is 1. The first kappa shape index (κ1) is 26.3. The Morgan fingerprint density at radius 3 is 2.47 bits per heavy atom. The predicted molar refractivity (Wildman–Crippen MR) is 130 cm³/mol. The van der Waals surface area contributed by atoms with Crippen LogP contribution in [0.5, 0.6) is 5.75 Å². The zero-order chi connectivity index (χ0) is 25.0. The summed E-state index contributed by atoms with van der Waals surface area (Å²) in [5.41, 5.74) is 0.529. The first-order valence-corrected chi connectivity index (χ1v) is 13.7. The van der Waals surface area contributed by atoms with Crippen LogP contribution >= 0.6 is 0 Å². The number of likely N-dealkylation sites (N-methyl/N-ethyl adjacent to an activating group) is 1. The standard InChI is InChI=1S/C24H37N3O6S/c1-16-13-27(23(28)18-8-6-7-9-18)17(2)15-33-21-11-10-19(25-34(5,30)31)12-20(21)24(29)26(3)14-22(16)32-4/h10-12,16-18,22,25H,6-9,13-15H2,1-5H3/t16-,17-,22-/m0/s1. The number of benzene rings is 1. The molecule has 1 N–H and O–H groups in total. The molecule has 1 aliphatic heterocycles. The summed E-state index contributed by atoms with van der Waals surface area (Å²) in [6.45, 7) is 5.04. The van der Waals surface area contributed by atoms with Crippen molar-refractivity contribution in [2.45, 2.75) is 51.7 Å². The van der Waals surface area contributed by atoms with E-state index in [1.54, 1.807) is 31.2 Å². The molecule has 34 heavy (non-hydrogen) atoms. The lowest BCUT2D eigenvalue weighted by Crippen LogP contribution is -2.50. The van der Waals surface area contributed by atoms with Gasteiger partial charge in [-0.05, 0) is 38.0 Å². The first-order valence-electron chi connectivity index (χ1n) is 11.8. The molecule has 1 aliphatic carbocycles. The molecule has 0 bridgehead atoms. The summed E-state index contributed by atoms with van der Waals surface area (Å²) in [5.74, 6) is 0.242. The second-order valence-electron chi connectivity index (χ2n) is 9.65. The van der Waals surface area contributed by atoms with Crippen molar-refractivity contribution in [3.05, 3.63) is 23.8 Å². The summed E-state index contributed by atoms with van der Waals surface area (Å²) in [7, 11) is -0.216. The highest BCUT2D eigenvalue weighted by Crippen LogP contribution is 2.30. The predicted octanol–water partition coefficient (Wildman–Crippen LogP) is 2.58. The molecule has 1 aromatic rings. The minimum Gasteiger partial charge on any atom is -0.491 e. The van der Waals surface area contributed by atoms with Gasteiger partial charge in [0.05, 0.1) is 24.0 Å². The molecule has 0 aromatic heterocycles. The van der Waals surface area contributed by atoms with E-state index in [1.165, 1.54) is 6.07 Å². The lowest BCUT2D eigenvalue weighted by Gasteiger charge is -2.37. The van der Waals surface area contributed by atoms with Crippen molar-refractivity contribution in [3.63, 3.8) is 0 Å². The van der Waals surface area contributed by atoms with E-state index in [0.717, 1.165) is 31.9 Å². The number of carbonyl (C=O) groups excluding carboxylic acids is 2. The number of hydrogen-bond acceptors (Lipinski definition) is 6. The van der Waals surface area contributed by atoms with Gasteiger partial charge in [-0.15, -0.1) is 0 Å². The zero-order valence-corrected chi connectivity index (χ0v) is 21.6. The van der Waals surface area contributed by atoms with Crippen molar-refractivity contribution in [2.75, 3.05) is 44.8 Å². The topological polar surface area (TPSA) is 105 Å². The lowest BCUT2D eigenvalue weighted by molar-refractivity contribution is -0.139. The van der Waals surface area contributed by atoms with Gasteiger partial charge in [0.2, 0.25) is 15.9 Å². The molecule has 1 saturated carbocycles. The average Bonchev–Trinajstić information content (AvgIpc) is 3.32. The molecule has 1 heterocycles. The van der Waals surface area contributed by atoms with E-state index in [1.807, 2.05) is 18.7 Å². The molecule has 3 rings (SSSR count). The van der Waals surface area contributed by atoms with E-state index >= 15 is 0 Å². The quantitative estimate of drug-likeness (QED) is 0.688. The van der Waals surface area contributed by atoms with Crippen LogP contribution in [0.25, 0.3) is 0 Å². The summed E-state index contributed by atoms with van der Waals surface area (Å²) in [6, 6.07) is 4.43. The number of methoxy groups -OCH3 is 1. The molecule has 10 heteroatoms. The highest BCUT2D eigenvalue weighted by atomic mass is 32.2. The van der Waals surface area contributed by atoms with Gasteiger partial charge in [0, 0.05) is 44.8 Å². The van der Waals surface area contributed by atoms with Crippen molar-refractivity contribution in [1.29, 1.82) is 0 Å². The third-order valence-electron chi connectivity index (χ3n) is 6.74. The minimum atomic E-state index is -3.51. The van der Waals surface area contributed by atoms with Crippen molar-refractivity contribution in [3.8, 4) is 5.75 Å². The molecular weight excluding hydrogens is 458 g/mol. The van der Waals surface area contributed by atoms with Crippen LogP contribution in [0.3, 0.4) is 0 Å². The third-order valence-corrected chi connectivity index (χ3v) is 7.34. The number of sulfonamides is 1. The van der Waals surface area contributed by atoms with E-state index in [0.29, 0.717) is 18.8 Å². The van der Waals surface area contributed by atoms with Crippen LogP contribution in [-0.2, 0) is 19.6 Å². The summed E-state index contributed by atoms with van der Waals surface area (Å²) in [6.07, 6.45) is 4.77. The Balaban J connectivity index is 1.96. The number of rotatable bonds is 4. The summed E-state index contributed by atoms with van der Waals surface area (Å²) in [4.78, 5) is 30.2. The molecule has 0 unspecified atom stereocenters. The van der Waals surface area contributed by atoms with Gasteiger partial charge in [0.25, 0.3) is 5.91 Å². The van der Waals surface area contributed by atoms with Gasteiger partial charge in [0.15, 0.2) is 0 Å². The molecule has 190 valence electrons. The summed E-state index contributed by atoms with van der Waals surface area (Å²) < 4.78 is 37.6. The molecular formula is C24H37N3O6S. The molecule has 0 radical (unpaired) electrons. The molecule has 0 saturated heterocycles. The van der Waals surface area contributed by atoms with Crippen molar-refractivity contribution in [2.24, 2.45) is 11.8 Å². The van der Waals surface area contributed by atoms with Crippen LogP contribution in [0.2, 0.25) is 0 Å². The highest BCUT2D eigenvalue weighted by Gasteiger charge is 2.34. The van der Waals surface area contributed by atoms with E-state index in [4.69, 9.17) is 9.47 Å². The molecule has 0 spiro atoms. The van der Waals surface area contributed by atoms with E-state index in [-0.39, 0.29) is 53.7 Å². The maximum Gasteiger partial charge on any atom is 0.257 e. The number of anilines is 1. The van der Waals surface area contributed by atoms with Crippen molar-refractivity contribution in [1.82, 2.24) is 9.80 Å². The SMILES string of the molecule is CO[C@H]1CN(C)C(=O)c2cc(NS(C)(=O)=O)ccc2OC[C@H](C)N(C(=O)C2CCCC2)C[C@@H]1C. The smallest absolute Gasteiger partial charge is 0.257 e. The maximum atomic E-state index is 13.4. The number of nitrogens with zero attached hydrogens (tertiary/aromatic N) is 2. The Morgan fingerprint density at radius 2 is 1.85 bits per heavy atom. The van der Waals surface area contributed by atoms with Crippen LogP contribution in [0, 0.1) is 11.8 Å². The Bertz CT molecular complexity index is 992. The Kier molecular flexibility index (Phi) is 8.46. The molecule has 2 amide bonds. The van der Waals surface area contributed by atoms with Gasteiger partial charge in [-0.25, -0.2) is 8.42 Å². The fraction of sp³-hybridized carbons (Fsp3) is 0.667. The Hall–Kier alpha value is -2.33. The fourth-order valence-corrected chi connectivity index (χ4v) is 5.32. The molecule has 2 aliphatic rings. The largest absolute Gasteiger partial charge is 0.491 e. The van der Waals surface area contributed by atoms with Gasteiger partial charge < -0.3 is 19.3 Å². The van der Waals surface area contributed by atoms with Gasteiger partial charge >= 0.3 is 0 Å². The average molecular weight is 496 g/mol. The molecule has 1 aromatic carbocycles. The Morgan fingerprint density at radius 1 is 1.18 bits per heavy atom. The van der Waals surface area contributed by atoms with Crippen LogP contribution in [0.1, 0.15) is 49.9 Å². The normalized spacial score (nSPS) is 25.2. The van der Waals surface area contributed by atoms with E-state index < -0.39 is 10.0 Å². The van der Waals surface area contributed by atoms with Crippen molar-refractivity contribution < 1.29 is 27.5 Å². The van der Waals surface area contributed by atoms with Crippen LogP contribution < -0.4 is 9.46 Å². The van der Waals surface area contributed by atoms with Gasteiger partial charge in [0.1, 0.15) is 12.4 Å². The number of ether oxygens (including phenoxy) is 2. The van der Waals surface area contributed by atoms with E-state index in [2.05, 4.69) is 4.72 Å². The number of nitrogens with one attached hydrogen (secondary N) is 1. The molecule has 3 atom stereocenters. The summed E-state index contributed by atoms with van der Waals surface area (Å²) in [5, 5.41) is 0. The van der Waals surface area contributed by atoms with Gasteiger partial charge in [-0.1, -0.05) is 19.8 Å². The fourth-order valence-electron chi connectivity index (χ4n) is 4.77. The minimum absolute atomic E-state index is 0.00909. The Labute approximate surface area is 202 Å². The number of amides is 2. The van der Waals surface area contributed by atoms with E-state index in [9.17, 15) is 18.0 Å². The first-order chi connectivity index (χ1) is 16.0. The van der Waals surface area contributed by atoms with Crippen LogP contribution in [-0.4, -0.2) is 82.3 Å². The number of carbonyl (C=O) groups is 2.